The van der Waals surface area contributed by atoms with Gasteiger partial charge in [-0.15, -0.1) is 0 Å². The number of hydrogen-bond donors (Lipinski definition) is 1. The molecule has 0 fully saturated rings. The van der Waals surface area contributed by atoms with Crippen LogP contribution in [0.2, 0.25) is 5.02 Å². The van der Waals surface area contributed by atoms with E-state index in [0.29, 0.717) is 5.92 Å². The maximum absolute atomic E-state index is 6.06. The Morgan fingerprint density at radius 3 is 2.75 bits per heavy atom. The highest BCUT2D eigenvalue weighted by molar-refractivity contribution is 6.30. The van der Waals surface area contributed by atoms with E-state index in [1.807, 2.05) is 30.1 Å². The van der Waals surface area contributed by atoms with Gasteiger partial charge in [0.1, 0.15) is 0 Å². The van der Waals surface area contributed by atoms with E-state index in [1.165, 1.54) is 11.1 Å². The third-order valence-electron chi connectivity index (χ3n) is 3.44. The van der Waals surface area contributed by atoms with Crippen molar-refractivity contribution in [3.05, 3.63) is 52.8 Å². The first-order valence-electron chi connectivity index (χ1n) is 7.11. The molecule has 1 aromatic heterocycles. The molecular weight excluding hydrogens is 270 g/mol. The van der Waals surface area contributed by atoms with E-state index in [-0.39, 0.29) is 0 Å². The highest BCUT2D eigenvalue weighted by atomic mass is 35.5. The fraction of sp³-hybridized carbons (Fsp3) is 0.438. The average molecular weight is 292 g/mol. The molecule has 0 aliphatic heterocycles. The van der Waals surface area contributed by atoms with Crippen LogP contribution in [-0.4, -0.2) is 23.4 Å². The lowest BCUT2D eigenvalue weighted by Gasteiger charge is -2.16. The Bertz CT molecular complexity index is 536. The minimum atomic E-state index is 0.549. The summed E-state index contributed by atoms with van der Waals surface area (Å²) in [6.07, 6.45) is 6.18. The second-order valence-electron chi connectivity index (χ2n) is 5.17. The van der Waals surface area contributed by atoms with Gasteiger partial charge in [0.15, 0.2) is 0 Å². The lowest BCUT2D eigenvalue weighted by atomic mass is 9.94. The molecule has 0 spiro atoms. The highest BCUT2D eigenvalue weighted by Gasteiger charge is 2.11. The van der Waals surface area contributed by atoms with Crippen LogP contribution in [0.1, 0.15) is 18.1 Å². The first-order valence-corrected chi connectivity index (χ1v) is 7.49. The highest BCUT2D eigenvalue weighted by Crippen LogP contribution is 2.17. The smallest absolute Gasteiger partial charge is 0.0521 e. The molecule has 0 aliphatic carbocycles. The molecule has 20 heavy (non-hydrogen) atoms. The lowest BCUT2D eigenvalue weighted by Crippen LogP contribution is -2.22. The van der Waals surface area contributed by atoms with Crippen LogP contribution in [0.3, 0.4) is 0 Å². The molecule has 1 atom stereocenters. The molecule has 1 aromatic carbocycles. The molecule has 0 radical (unpaired) electrons. The molecule has 0 saturated carbocycles. The molecular formula is C16H22ClN3. The van der Waals surface area contributed by atoms with Gasteiger partial charge in [0, 0.05) is 17.8 Å². The molecule has 3 nitrogen and oxygen atoms in total. The quantitative estimate of drug-likeness (QED) is 0.849. The first kappa shape index (κ1) is 15.1. The fourth-order valence-corrected chi connectivity index (χ4v) is 2.73. The van der Waals surface area contributed by atoms with Gasteiger partial charge in [-0.3, -0.25) is 4.68 Å². The third kappa shape index (κ3) is 4.36. The van der Waals surface area contributed by atoms with Crippen molar-refractivity contribution in [1.29, 1.82) is 0 Å². The number of nitrogens with one attached hydrogen (secondary N) is 1. The number of rotatable bonds is 7. The van der Waals surface area contributed by atoms with Gasteiger partial charge in [0.25, 0.3) is 0 Å². The van der Waals surface area contributed by atoms with E-state index in [1.54, 1.807) is 0 Å². The second-order valence-corrected chi connectivity index (χ2v) is 5.60. The van der Waals surface area contributed by atoms with E-state index in [4.69, 9.17) is 11.6 Å². The molecule has 2 aromatic rings. The largest absolute Gasteiger partial charge is 0.319 e. The zero-order valence-corrected chi connectivity index (χ0v) is 12.9. The predicted molar refractivity (Wildman–Crippen MR) is 84.2 cm³/mol. The summed E-state index contributed by atoms with van der Waals surface area (Å²) in [5.74, 6) is 0.549. The van der Waals surface area contributed by atoms with Crippen LogP contribution in [0.5, 0.6) is 0 Å². The Kier molecular flexibility index (Phi) is 5.62. The van der Waals surface area contributed by atoms with Crippen molar-refractivity contribution >= 4 is 11.6 Å². The van der Waals surface area contributed by atoms with Crippen LogP contribution >= 0.6 is 11.6 Å². The maximum Gasteiger partial charge on any atom is 0.0521 e. The number of nitrogens with zero attached hydrogens (tertiary/aromatic N) is 2. The molecule has 1 N–H and O–H groups in total. The Morgan fingerprint density at radius 2 is 2.10 bits per heavy atom. The topological polar surface area (TPSA) is 29.9 Å². The van der Waals surface area contributed by atoms with Crippen molar-refractivity contribution < 1.29 is 0 Å². The third-order valence-corrected chi connectivity index (χ3v) is 3.68. The standard InChI is InChI=1S/C16H22ClN3/c1-3-20-12-15(11-19-20)8-14(10-18-2)7-13-5-4-6-16(17)9-13/h4-6,9,11-12,14,18H,3,7-8,10H2,1-2H3. The molecule has 4 heteroatoms. The SMILES string of the molecule is CCn1cc(CC(CNC)Cc2cccc(Cl)c2)cn1. The Morgan fingerprint density at radius 1 is 1.30 bits per heavy atom. The van der Waals surface area contributed by atoms with E-state index in [2.05, 4.69) is 35.7 Å². The Labute approximate surface area is 126 Å². The van der Waals surface area contributed by atoms with Crippen LogP contribution in [0, 0.1) is 5.92 Å². The van der Waals surface area contributed by atoms with Crippen LogP contribution < -0.4 is 5.32 Å². The van der Waals surface area contributed by atoms with Gasteiger partial charge in [-0.05, 0) is 62.5 Å². The fourth-order valence-electron chi connectivity index (χ4n) is 2.52. The van der Waals surface area contributed by atoms with Crippen molar-refractivity contribution in [2.45, 2.75) is 26.3 Å². The van der Waals surface area contributed by atoms with E-state index < -0.39 is 0 Å². The zero-order chi connectivity index (χ0) is 14.4. The molecule has 0 aliphatic rings. The van der Waals surface area contributed by atoms with Crippen LogP contribution in [0.25, 0.3) is 0 Å². The van der Waals surface area contributed by atoms with Crippen molar-refractivity contribution in [1.82, 2.24) is 15.1 Å². The molecule has 1 heterocycles. The van der Waals surface area contributed by atoms with Gasteiger partial charge in [-0.2, -0.15) is 5.10 Å². The van der Waals surface area contributed by atoms with Gasteiger partial charge in [-0.25, -0.2) is 0 Å². The zero-order valence-electron chi connectivity index (χ0n) is 12.1. The van der Waals surface area contributed by atoms with Gasteiger partial charge >= 0.3 is 0 Å². The van der Waals surface area contributed by atoms with E-state index >= 15 is 0 Å². The summed E-state index contributed by atoms with van der Waals surface area (Å²) in [5.41, 5.74) is 2.59. The molecule has 2 rings (SSSR count). The van der Waals surface area contributed by atoms with Crippen LogP contribution in [0.4, 0.5) is 0 Å². The number of benzene rings is 1. The summed E-state index contributed by atoms with van der Waals surface area (Å²) in [6, 6.07) is 8.14. The first-order chi connectivity index (χ1) is 9.71. The van der Waals surface area contributed by atoms with Crippen LogP contribution in [0.15, 0.2) is 36.7 Å². The summed E-state index contributed by atoms with van der Waals surface area (Å²) in [7, 11) is 2.00. The normalized spacial score (nSPS) is 12.6. The van der Waals surface area contributed by atoms with Crippen LogP contribution in [-0.2, 0) is 19.4 Å². The van der Waals surface area contributed by atoms with E-state index in [9.17, 15) is 0 Å². The van der Waals surface area contributed by atoms with Crippen molar-refractivity contribution in [3.63, 3.8) is 0 Å². The van der Waals surface area contributed by atoms with Crippen molar-refractivity contribution in [2.24, 2.45) is 5.92 Å². The van der Waals surface area contributed by atoms with Crippen molar-refractivity contribution in [3.8, 4) is 0 Å². The number of aromatic nitrogens is 2. The van der Waals surface area contributed by atoms with Crippen molar-refractivity contribution in [2.75, 3.05) is 13.6 Å². The number of hydrogen-bond acceptors (Lipinski definition) is 2. The van der Waals surface area contributed by atoms with Gasteiger partial charge in [0.2, 0.25) is 0 Å². The number of halogens is 1. The van der Waals surface area contributed by atoms with Gasteiger partial charge in [-0.1, -0.05) is 23.7 Å². The summed E-state index contributed by atoms with van der Waals surface area (Å²) >= 11 is 6.06. The summed E-state index contributed by atoms with van der Waals surface area (Å²) in [6.45, 7) is 4.02. The minimum Gasteiger partial charge on any atom is -0.319 e. The maximum atomic E-state index is 6.06. The Balaban J connectivity index is 2.02. The van der Waals surface area contributed by atoms with Gasteiger partial charge in [0.05, 0.1) is 6.20 Å². The average Bonchev–Trinajstić information content (AvgIpc) is 2.87. The molecule has 0 bridgehead atoms. The summed E-state index contributed by atoms with van der Waals surface area (Å²) in [5, 5.41) is 8.44. The summed E-state index contributed by atoms with van der Waals surface area (Å²) < 4.78 is 1.98. The van der Waals surface area contributed by atoms with Gasteiger partial charge < -0.3 is 5.32 Å². The number of aryl methyl sites for hydroxylation is 1. The minimum absolute atomic E-state index is 0.549. The molecule has 108 valence electrons. The van der Waals surface area contributed by atoms with E-state index in [0.717, 1.165) is 31.0 Å². The predicted octanol–water partition coefficient (Wildman–Crippen LogP) is 3.18. The molecule has 0 amide bonds. The lowest BCUT2D eigenvalue weighted by molar-refractivity contribution is 0.493. The molecule has 1 unspecified atom stereocenters. The molecule has 0 saturated heterocycles. The summed E-state index contributed by atoms with van der Waals surface area (Å²) in [4.78, 5) is 0. The Hall–Kier alpha value is -1.32. The monoisotopic (exact) mass is 291 g/mol. The second kappa shape index (κ2) is 7.46.